The van der Waals surface area contributed by atoms with Gasteiger partial charge in [0.2, 0.25) is 0 Å². The molecule has 26 heavy (non-hydrogen) atoms. The molecule has 6 nitrogen and oxygen atoms in total. The monoisotopic (exact) mass is 349 g/mol. The number of likely N-dealkylation sites (tertiary alicyclic amines) is 1. The Labute approximate surface area is 152 Å². The number of benzene rings is 1. The number of rotatable bonds is 3. The van der Waals surface area contributed by atoms with Crippen molar-refractivity contribution in [1.29, 1.82) is 0 Å². The van der Waals surface area contributed by atoms with Crippen LogP contribution in [0.3, 0.4) is 0 Å². The molecule has 0 unspecified atom stereocenters. The molecule has 1 aliphatic rings. The molecule has 134 valence electrons. The Balaban J connectivity index is 1.64. The number of carbonyl (C=O) groups excluding carboxylic acids is 1. The summed E-state index contributed by atoms with van der Waals surface area (Å²) in [4.78, 5) is 19.5. The Morgan fingerprint density at radius 2 is 2.00 bits per heavy atom. The van der Waals surface area contributed by atoms with Gasteiger partial charge in [0.05, 0.1) is 17.0 Å². The van der Waals surface area contributed by atoms with Crippen molar-refractivity contribution in [3.05, 3.63) is 65.1 Å². The van der Waals surface area contributed by atoms with Crippen molar-refractivity contribution in [2.75, 3.05) is 19.6 Å². The summed E-state index contributed by atoms with van der Waals surface area (Å²) in [7, 11) is 0. The molecule has 0 bridgehead atoms. The average molecular weight is 349 g/mol. The van der Waals surface area contributed by atoms with Gasteiger partial charge in [-0.3, -0.25) is 4.79 Å². The van der Waals surface area contributed by atoms with Gasteiger partial charge in [-0.1, -0.05) is 30.3 Å². The summed E-state index contributed by atoms with van der Waals surface area (Å²) in [5, 5.41) is 4.44. The van der Waals surface area contributed by atoms with E-state index < -0.39 is 0 Å². The van der Waals surface area contributed by atoms with Crippen molar-refractivity contribution in [3.8, 4) is 0 Å². The topological polar surface area (TPSA) is 76.5 Å². The number of nitrogens with zero attached hydrogens (tertiary/aromatic N) is 4. The van der Waals surface area contributed by atoms with Gasteiger partial charge in [-0.25, -0.2) is 9.50 Å². The minimum Gasteiger partial charge on any atom is -0.338 e. The Bertz CT molecular complexity index is 949. The number of carbonyl (C=O) groups is 1. The van der Waals surface area contributed by atoms with Gasteiger partial charge in [-0.2, -0.15) is 5.10 Å². The van der Waals surface area contributed by atoms with Crippen LogP contribution in [-0.4, -0.2) is 45.0 Å². The number of aryl methyl sites for hydroxylation is 2. The maximum atomic E-state index is 13.2. The summed E-state index contributed by atoms with van der Waals surface area (Å²) in [6, 6.07) is 12.2. The van der Waals surface area contributed by atoms with Gasteiger partial charge in [0.15, 0.2) is 5.65 Å². The highest BCUT2D eigenvalue weighted by molar-refractivity contribution is 5.95. The van der Waals surface area contributed by atoms with Crippen molar-refractivity contribution in [2.45, 2.75) is 19.8 Å². The number of fused-ring (bicyclic) bond motifs is 1. The van der Waals surface area contributed by atoms with Crippen molar-refractivity contribution in [2.24, 2.45) is 11.7 Å². The molecule has 1 amide bonds. The summed E-state index contributed by atoms with van der Waals surface area (Å²) in [5.74, 6) is 0.543. The first-order chi connectivity index (χ1) is 12.6. The van der Waals surface area contributed by atoms with E-state index >= 15 is 0 Å². The van der Waals surface area contributed by atoms with Crippen LogP contribution in [0.2, 0.25) is 0 Å². The molecular formula is C20H23N5O. The zero-order chi connectivity index (χ0) is 18.3. The van der Waals surface area contributed by atoms with E-state index in [2.05, 4.69) is 22.2 Å². The van der Waals surface area contributed by atoms with Crippen molar-refractivity contribution >= 4 is 11.6 Å². The third-order valence-corrected chi connectivity index (χ3v) is 5.34. The second-order valence-corrected chi connectivity index (χ2v) is 7.04. The smallest absolute Gasteiger partial charge is 0.257 e. The number of amides is 1. The zero-order valence-corrected chi connectivity index (χ0v) is 15.1. The standard InChI is InChI=1S/C20H23N5O/c1-13-8-19-22-10-17(14(2)25(19)23-13)20(26)24-11-16(9-21)18(12-24)15-6-4-3-5-7-15/h3-8,10,16,18H,9,11-12,21H2,1-2H3/t16-,18+/m1/s1. The number of nitrogens with two attached hydrogens (primary N) is 1. The van der Waals surface area contributed by atoms with Gasteiger partial charge in [0.25, 0.3) is 5.91 Å². The first kappa shape index (κ1) is 16.7. The largest absolute Gasteiger partial charge is 0.338 e. The van der Waals surface area contributed by atoms with Crippen LogP contribution in [-0.2, 0) is 0 Å². The van der Waals surface area contributed by atoms with Crippen LogP contribution >= 0.6 is 0 Å². The maximum Gasteiger partial charge on any atom is 0.257 e. The van der Waals surface area contributed by atoms with Gasteiger partial charge in [0.1, 0.15) is 0 Å². The SMILES string of the molecule is Cc1cc2ncc(C(=O)N3C[C@@H](CN)[C@H](c4ccccc4)C3)c(C)n2n1. The first-order valence-corrected chi connectivity index (χ1v) is 8.94. The molecule has 2 aromatic heterocycles. The van der Waals surface area contributed by atoms with Gasteiger partial charge < -0.3 is 10.6 Å². The van der Waals surface area contributed by atoms with Gasteiger partial charge in [0, 0.05) is 31.3 Å². The van der Waals surface area contributed by atoms with E-state index in [1.54, 1.807) is 10.7 Å². The molecule has 3 heterocycles. The average Bonchev–Trinajstić information content (AvgIpc) is 3.25. The quantitative estimate of drug-likeness (QED) is 0.786. The van der Waals surface area contributed by atoms with Crippen LogP contribution < -0.4 is 5.73 Å². The summed E-state index contributed by atoms with van der Waals surface area (Å²) < 4.78 is 1.74. The van der Waals surface area contributed by atoms with Crippen LogP contribution in [0.1, 0.15) is 33.2 Å². The molecule has 0 spiro atoms. The molecule has 0 aliphatic carbocycles. The second-order valence-electron chi connectivity index (χ2n) is 7.04. The summed E-state index contributed by atoms with van der Waals surface area (Å²) in [5.41, 5.74) is 10.3. The van der Waals surface area contributed by atoms with Crippen LogP contribution in [0.4, 0.5) is 0 Å². The molecule has 2 N–H and O–H groups in total. The second kappa shape index (κ2) is 6.53. The van der Waals surface area contributed by atoms with Crippen LogP contribution in [0, 0.1) is 19.8 Å². The van der Waals surface area contributed by atoms with E-state index in [9.17, 15) is 4.79 Å². The predicted molar refractivity (Wildman–Crippen MR) is 100 cm³/mol. The first-order valence-electron chi connectivity index (χ1n) is 8.94. The maximum absolute atomic E-state index is 13.2. The molecule has 4 rings (SSSR count). The molecular weight excluding hydrogens is 326 g/mol. The fourth-order valence-corrected chi connectivity index (χ4v) is 3.90. The lowest BCUT2D eigenvalue weighted by Crippen LogP contribution is -2.31. The van der Waals surface area contributed by atoms with Crippen LogP contribution in [0.25, 0.3) is 5.65 Å². The molecule has 1 fully saturated rings. The minimum atomic E-state index is 0.00179. The van der Waals surface area contributed by atoms with Gasteiger partial charge in [-0.15, -0.1) is 0 Å². The fourth-order valence-electron chi connectivity index (χ4n) is 3.90. The lowest BCUT2D eigenvalue weighted by Gasteiger charge is -2.18. The normalized spacial score (nSPS) is 20.0. The summed E-state index contributed by atoms with van der Waals surface area (Å²) in [6.07, 6.45) is 1.67. The van der Waals surface area contributed by atoms with Crippen molar-refractivity contribution in [1.82, 2.24) is 19.5 Å². The zero-order valence-electron chi connectivity index (χ0n) is 15.1. The molecule has 2 atom stereocenters. The molecule has 1 saturated heterocycles. The van der Waals surface area contributed by atoms with E-state index in [0.717, 1.165) is 17.0 Å². The Hall–Kier alpha value is -2.73. The summed E-state index contributed by atoms with van der Waals surface area (Å²) in [6.45, 7) is 5.76. The van der Waals surface area contributed by atoms with Gasteiger partial charge >= 0.3 is 0 Å². The highest BCUT2D eigenvalue weighted by atomic mass is 16.2. The fraction of sp³-hybridized carbons (Fsp3) is 0.350. The third kappa shape index (κ3) is 2.76. The predicted octanol–water partition coefficient (Wildman–Crippen LogP) is 2.16. The molecule has 1 aliphatic heterocycles. The van der Waals surface area contributed by atoms with Crippen LogP contribution in [0.5, 0.6) is 0 Å². The lowest BCUT2D eigenvalue weighted by molar-refractivity contribution is 0.0784. The minimum absolute atomic E-state index is 0.00179. The molecule has 6 heteroatoms. The molecule has 1 aromatic carbocycles. The van der Waals surface area contributed by atoms with E-state index in [1.807, 2.05) is 43.0 Å². The third-order valence-electron chi connectivity index (χ3n) is 5.34. The Kier molecular flexibility index (Phi) is 4.20. The number of hydrogen-bond acceptors (Lipinski definition) is 4. The Morgan fingerprint density at radius 1 is 1.23 bits per heavy atom. The van der Waals surface area contributed by atoms with Gasteiger partial charge in [-0.05, 0) is 31.9 Å². The highest BCUT2D eigenvalue weighted by Crippen LogP contribution is 2.33. The van der Waals surface area contributed by atoms with Crippen molar-refractivity contribution in [3.63, 3.8) is 0 Å². The molecule has 0 saturated carbocycles. The van der Waals surface area contributed by atoms with E-state index in [-0.39, 0.29) is 17.7 Å². The van der Waals surface area contributed by atoms with E-state index in [1.165, 1.54) is 5.56 Å². The highest BCUT2D eigenvalue weighted by Gasteiger charge is 2.36. The Morgan fingerprint density at radius 3 is 2.73 bits per heavy atom. The van der Waals surface area contributed by atoms with E-state index in [0.29, 0.717) is 25.2 Å². The van der Waals surface area contributed by atoms with Crippen LogP contribution in [0.15, 0.2) is 42.6 Å². The number of aromatic nitrogens is 3. The molecule has 3 aromatic rings. The van der Waals surface area contributed by atoms with Crippen molar-refractivity contribution < 1.29 is 4.79 Å². The molecule has 0 radical (unpaired) electrons. The lowest BCUT2D eigenvalue weighted by atomic mass is 9.89. The summed E-state index contributed by atoms with van der Waals surface area (Å²) >= 11 is 0. The van der Waals surface area contributed by atoms with E-state index in [4.69, 9.17) is 5.73 Å². The number of hydrogen-bond donors (Lipinski definition) is 1.